The Balaban J connectivity index is 2.29. The first-order valence-electron chi connectivity index (χ1n) is 4.42. The molecule has 6 nitrogen and oxygen atoms in total. The number of hydrogen-bond donors (Lipinski definition) is 0. The van der Waals surface area contributed by atoms with Gasteiger partial charge in [-0.15, -0.1) is 0 Å². The van der Waals surface area contributed by atoms with Crippen LogP contribution in [-0.4, -0.2) is 19.7 Å². The molecular formula is C9H7BrN4O2. The van der Waals surface area contributed by atoms with E-state index in [1.165, 1.54) is 12.4 Å². The average molecular weight is 283 g/mol. The van der Waals surface area contributed by atoms with E-state index in [1.54, 1.807) is 23.1 Å². The van der Waals surface area contributed by atoms with E-state index in [4.69, 9.17) is 0 Å². The summed E-state index contributed by atoms with van der Waals surface area (Å²) in [4.78, 5) is 14.1. The monoisotopic (exact) mass is 282 g/mol. The molecule has 0 spiro atoms. The standard InChI is InChI=1S/C9H7BrN4O2/c10-8-2-1-7(3-9(8)14(15)16)4-13-6-11-5-12-13/h1-3,5-6H,4H2. The van der Waals surface area contributed by atoms with Crippen molar-refractivity contribution in [2.24, 2.45) is 0 Å². The van der Waals surface area contributed by atoms with Gasteiger partial charge in [-0.1, -0.05) is 6.07 Å². The second kappa shape index (κ2) is 4.40. The number of benzene rings is 1. The topological polar surface area (TPSA) is 73.8 Å². The highest BCUT2D eigenvalue weighted by atomic mass is 79.9. The molecule has 0 aliphatic rings. The SMILES string of the molecule is O=[N+]([O-])c1cc(Cn2cncn2)ccc1Br. The van der Waals surface area contributed by atoms with Gasteiger partial charge in [-0.05, 0) is 27.6 Å². The molecule has 0 aliphatic carbocycles. The maximum absolute atomic E-state index is 10.7. The summed E-state index contributed by atoms with van der Waals surface area (Å²) in [7, 11) is 0. The molecule has 7 heteroatoms. The third-order valence-corrected chi connectivity index (χ3v) is 2.69. The van der Waals surface area contributed by atoms with Crippen LogP contribution in [0.3, 0.4) is 0 Å². The number of rotatable bonds is 3. The normalized spacial score (nSPS) is 10.3. The smallest absolute Gasteiger partial charge is 0.258 e. The van der Waals surface area contributed by atoms with Crippen molar-refractivity contribution >= 4 is 21.6 Å². The first kappa shape index (κ1) is 10.7. The molecule has 2 aromatic rings. The average Bonchev–Trinajstić information content (AvgIpc) is 2.73. The summed E-state index contributed by atoms with van der Waals surface area (Å²) < 4.78 is 2.08. The third kappa shape index (κ3) is 2.25. The molecule has 0 saturated carbocycles. The van der Waals surface area contributed by atoms with Crippen molar-refractivity contribution in [3.8, 4) is 0 Å². The Morgan fingerprint density at radius 3 is 2.94 bits per heavy atom. The van der Waals surface area contributed by atoms with E-state index in [0.29, 0.717) is 11.0 Å². The summed E-state index contributed by atoms with van der Waals surface area (Å²) >= 11 is 3.13. The Hall–Kier alpha value is -1.76. The van der Waals surface area contributed by atoms with Crippen LogP contribution in [0.4, 0.5) is 5.69 Å². The summed E-state index contributed by atoms with van der Waals surface area (Å²) in [6.07, 6.45) is 2.99. The fraction of sp³-hybridized carbons (Fsp3) is 0.111. The van der Waals surface area contributed by atoms with E-state index >= 15 is 0 Å². The van der Waals surface area contributed by atoms with Crippen molar-refractivity contribution in [3.05, 3.63) is 51.0 Å². The van der Waals surface area contributed by atoms with E-state index in [0.717, 1.165) is 5.56 Å². The Bertz CT molecular complexity index is 512. The van der Waals surface area contributed by atoms with Crippen molar-refractivity contribution in [2.45, 2.75) is 6.54 Å². The van der Waals surface area contributed by atoms with Crippen molar-refractivity contribution in [3.63, 3.8) is 0 Å². The molecule has 0 atom stereocenters. The molecule has 0 amide bonds. The van der Waals surface area contributed by atoms with Gasteiger partial charge in [0.2, 0.25) is 0 Å². The molecule has 82 valence electrons. The van der Waals surface area contributed by atoms with Gasteiger partial charge < -0.3 is 0 Å². The maximum atomic E-state index is 10.7. The van der Waals surface area contributed by atoms with Gasteiger partial charge in [0.05, 0.1) is 15.9 Å². The zero-order chi connectivity index (χ0) is 11.5. The van der Waals surface area contributed by atoms with Crippen LogP contribution < -0.4 is 0 Å². The van der Waals surface area contributed by atoms with Crippen LogP contribution in [0.15, 0.2) is 35.3 Å². The van der Waals surface area contributed by atoms with Gasteiger partial charge in [-0.25, -0.2) is 9.67 Å². The van der Waals surface area contributed by atoms with E-state index in [-0.39, 0.29) is 5.69 Å². The summed E-state index contributed by atoms with van der Waals surface area (Å²) in [5.41, 5.74) is 0.859. The fourth-order valence-electron chi connectivity index (χ4n) is 1.30. The van der Waals surface area contributed by atoms with Gasteiger partial charge in [0.25, 0.3) is 5.69 Å². The molecular weight excluding hydrogens is 276 g/mol. The molecule has 1 aromatic heterocycles. The molecule has 16 heavy (non-hydrogen) atoms. The number of nitrogens with zero attached hydrogens (tertiary/aromatic N) is 4. The molecule has 0 bridgehead atoms. The first-order valence-corrected chi connectivity index (χ1v) is 5.21. The minimum Gasteiger partial charge on any atom is -0.258 e. The van der Waals surface area contributed by atoms with Crippen molar-refractivity contribution in [2.75, 3.05) is 0 Å². The third-order valence-electron chi connectivity index (χ3n) is 2.02. The molecule has 1 heterocycles. The molecule has 0 aliphatic heterocycles. The molecule has 0 radical (unpaired) electrons. The van der Waals surface area contributed by atoms with Gasteiger partial charge in [0, 0.05) is 6.07 Å². The number of nitro benzene ring substituents is 1. The van der Waals surface area contributed by atoms with E-state index < -0.39 is 4.92 Å². The van der Waals surface area contributed by atoms with Crippen LogP contribution >= 0.6 is 15.9 Å². The molecule has 0 unspecified atom stereocenters. The molecule has 0 N–H and O–H groups in total. The lowest BCUT2D eigenvalue weighted by Gasteiger charge is -2.02. The Morgan fingerprint density at radius 2 is 2.31 bits per heavy atom. The lowest BCUT2D eigenvalue weighted by Crippen LogP contribution is -2.01. The zero-order valence-electron chi connectivity index (χ0n) is 8.08. The molecule has 0 fully saturated rings. The lowest BCUT2D eigenvalue weighted by molar-refractivity contribution is -0.385. The largest absolute Gasteiger partial charge is 0.283 e. The van der Waals surface area contributed by atoms with Crippen LogP contribution in [0.1, 0.15) is 5.56 Å². The fourth-order valence-corrected chi connectivity index (χ4v) is 1.69. The highest BCUT2D eigenvalue weighted by Crippen LogP contribution is 2.25. The number of hydrogen-bond acceptors (Lipinski definition) is 4. The first-order chi connectivity index (χ1) is 7.66. The van der Waals surface area contributed by atoms with Crippen LogP contribution in [-0.2, 0) is 6.54 Å². The van der Waals surface area contributed by atoms with Gasteiger partial charge in [0.15, 0.2) is 0 Å². The maximum Gasteiger partial charge on any atom is 0.283 e. The second-order valence-corrected chi connectivity index (χ2v) is 3.99. The van der Waals surface area contributed by atoms with Gasteiger partial charge in [-0.3, -0.25) is 10.1 Å². The van der Waals surface area contributed by atoms with Crippen LogP contribution in [0.2, 0.25) is 0 Å². The van der Waals surface area contributed by atoms with E-state index in [9.17, 15) is 10.1 Å². The van der Waals surface area contributed by atoms with E-state index in [2.05, 4.69) is 26.0 Å². The van der Waals surface area contributed by atoms with Gasteiger partial charge in [-0.2, -0.15) is 5.10 Å². The Labute approximate surface area is 99.2 Å². The minimum absolute atomic E-state index is 0.0533. The van der Waals surface area contributed by atoms with Crippen molar-refractivity contribution in [1.82, 2.24) is 14.8 Å². The van der Waals surface area contributed by atoms with Crippen LogP contribution in [0.5, 0.6) is 0 Å². The summed E-state index contributed by atoms with van der Waals surface area (Å²) in [6.45, 7) is 0.466. The summed E-state index contributed by atoms with van der Waals surface area (Å²) in [5, 5.41) is 14.6. The number of aromatic nitrogens is 3. The summed E-state index contributed by atoms with van der Waals surface area (Å²) in [6, 6.07) is 4.98. The highest BCUT2D eigenvalue weighted by molar-refractivity contribution is 9.10. The highest BCUT2D eigenvalue weighted by Gasteiger charge is 2.12. The summed E-state index contributed by atoms with van der Waals surface area (Å²) in [5.74, 6) is 0. The minimum atomic E-state index is -0.422. The second-order valence-electron chi connectivity index (χ2n) is 3.14. The molecule has 2 rings (SSSR count). The van der Waals surface area contributed by atoms with E-state index in [1.807, 2.05) is 0 Å². The van der Waals surface area contributed by atoms with Crippen LogP contribution in [0.25, 0.3) is 0 Å². The predicted molar refractivity (Wildman–Crippen MR) is 59.9 cm³/mol. The van der Waals surface area contributed by atoms with Crippen LogP contribution in [0, 0.1) is 10.1 Å². The van der Waals surface area contributed by atoms with Gasteiger partial charge in [0.1, 0.15) is 12.7 Å². The zero-order valence-corrected chi connectivity index (χ0v) is 9.66. The van der Waals surface area contributed by atoms with Crippen molar-refractivity contribution in [1.29, 1.82) is 0 Å². The number of nitro groups is 1. The predicted octanol–water partition coefficient (Wildman–Crippen LogP) is 2.00. The van der Waals surface area contributed by atoms with Crippen molar-refractivity contribution < 1.29 is 4.92 Å². The quantitative estimate of drug-likeness (QED) is 0.637. The number of halogens is 1. The Morgan fingerprint density at radius 1 is 1.50 bits per heavy atom. The van der Waals surface area contributed by atoms with Gasteiger partial charge >= 0.3 is 0 Å². The molecule has 1 aromatic carbocycles. The lowest BCUT2D eigenvalue weighted by atomic mass is 10.2. The molecule has 0 saturated heterocycles. The Kier molecular flexibility index (Phi) is 2.95.